The van der Waals surface area contributed by atoms with Crippen molar-refractivity contribution in [2.45, 2.75) is 17.8 Å². The van der Waals surface area contributed by atoms with Crippen LogP contribution in [0, 0.1) is 0 Å². The van der Waals surface area contributed by atoms with Gasteiger partial charge in [-0.2, -0.15) is 0 Å². The van der Waals surface area contributed by atoms with Crippen LogP contribution in [0.2, 0.25) is 0 Å². The Balaban J connectivity index is 1.82. The van der Waals surface area contributed by atoms with Crippen LogP contribution in [0.5, 0.6) is 0 Å². The summed E-state index contributed by atoms with van der Waals surface area (Å²) in [6, 6.07) is 35.9. The number of benzene rings is 4. The molecule has 0 radical (unpaired) electrons. The van der Waals surface area contributed by atoms with E-state index >= 15 is 0 Å². The first-order valence-corrected chi connectivity index (χ1v) is 10.4. The molecule has 0 saturated heterocycles. The first-order chi connectivity index (χ1) is 15.6. The summed E-state index contributed by atoms with van der Waals surface area (Å²) < 4.78 is 5.89. The number of aliphatic hydroxyl groups is 2. The Morgan fingerprint density at radius 2 is 1.00 bits per heavy atom. The van der Waals surface area contributed by atoms with E-state index in [0.29, 0.717) is 22.3 Å². The van der Waals surface area contributed by atoms with Gasteiger partial charge < -0.3 is 14.9 Å². The van der Waals surface area contributed by atoms with Gasteiger partial charge in [-0.05, 0) is 22.3 Å². The predicted octanol–water partition coefficient (Wildman–Crippen LogP) is 4.94. The summed E-state index contributed by atoms with van der Waals surface area (Å²) in [4.78, 5) is 13.1. The third-order valence-electron chi connectivity index (χ3n) is 5.48. The molecule has 0 spiro atoms. The minimum Gasteiger partial charge on any atom is -0.451 e. The maximum Gasteiger partial charge on any atom is 0.340 e. The van der Waals surface area contributed by atoms with Crippen molar-refractivity contribution >= 4 is 5.97 Å². The molecule has 160 valence electrons. The number of aliphatic hydroxyl groups excluding tert-OH is 1. The zero-order valence-electron chi connectivity index (χ0n) is 17.4. The molecule has 0 amide bonds. The normalized spacial score (nSPS) is 13.2. The Labute approximate surface area is 187 Å². The molecule has 32 heavy (non-hydrogen) atoms. The van der Waals surface area contributed by atoms with E-state index in [1.165, 1.54) is 0 Å². The largest absolute Gasteiger partial charge is 0.451 e. The molecule has 0 aliphatic carbocycles. The number of rotatable bonds is 7. The number of hydrogen-bond acceptors (Lipinski definition) is 4. The van der Waals surface area contributed by atoms with Crippen LogP contribution in [0.3, 0.4) is 0 Å². The van der Waals surface area contributed by atoms with E-state index < -0.39 is 23.8 Å². The number of carbonyl (C=O) groups excluding carboxylic acids is 1. The van der Waals surface area contributed by atoms with E-state index in [-0.39, 0.29) is 0 Å². The maximum atomic E-state index is 13.1. The number of hydrogen-bond donors (Lipinski definition) is 2. The maximum absolute atomic E-state index is 13.1. The Morgan fingerprint density at radius 1 is 0.625 bits per heavy atom. The minimum absolute atomic E-state index is 0.423. The molecule has 2 N–H and O–H groups in total. The lowest BCUT2D eigenvalue weighted by Crippen LogP contribution is -2.38. The van der Waals surface area contributed by atoms with Crippen LogP contribution in [0.25, 0.3) is 0 Å². The lowest BCUT2D eigenvalue weighted by molar-refractivity contribution is -0.173. The zero-order chi connectivity index (χ0) is 22.4. The van der Waals surface area contributed by atoms with Gasteiger partial charge in [-0.25, -0.2) is 4.79 Å². The van der Waals surface area contributed by atoms with Gasteiger partial charge in [0, 0.05) is 0 Å². The Morgan fingerprint density at radius 3 is 1.44 bits per heavy atom. The van der Waals surface area contributed by atoms with Crippen LogP contribution < -0.4 is 0 Å². The van der Waals surface area contributed by atoms with Gasteiger partial charge in [0.25, 0.3) is 0 Å². The topological polar surface area (TPSA) is 66.8 Å². The molecule has 4 aromatic rings. The molecule has 0 heterocycles. The molecule has 4 nitrogen and oxygen atoms in total. The average molecular weight is 424 g/mol. The van der Waals surface area contributed by atoms with Crippen LogP contribution in [0.15, 0.2) is 121 Å². The van der Waals surface area contributed by atoms with E-state index in [2.05, 4.69) is 0 Å². The third-order valence-corrected chi connectivity index (χ3v) is 5.48. The molecular weight excluding hydrogens is 400 g/mol. The molecule has 0 fully saturated rings. The predicted molar refractivity (Wildman–Crippen MR) is 123 cm³/mol. The Kier molecular flexibility index (Phi) is 6.45. The van der Waals surface area contributed by atoms with Crippen molar-refractivity contribution in [3.05, 3.63) is 144 Å². The first kappa shape index (κ1) is 21.5. The standard InChI is InChI=1S/C28H24O4/c29-25(21-13-5-1-6-14-21)27(30)32-26(22-15-7-2-8-16-22)28(31,23-17-9-3-10-18-23)24-19-11-4-12-20-24/h1-20,25-26,29,31H/t25-,26+/m1/s1. The SMILES string of the molecule is O=C(O[C@@H](c1ccccc1)C(O)(c1ccccc1)c1ccccc1)[C@H](O)c1ccccc1. The van der Waals surface area contributed by atoms with Gasteiger partial charge in [0.2, 0.25) is 0 Å². The van der Waals surface area contributed by atoms with Gasteiger partial charge in [0.05, 0.1) is 0 Å². The third kappa shape index (κ3) is 4.33. The fraction of sp³-hybridized carbons (Fsp3) is 0.107. The van der Waals surface area contributed by atoms with Crippen LogP contribution in [0.1, 0.15) is 34.5 Å². The van der Waals surface area contributed by atoms with Gasteiger partial charge in [-0.1, -0.05) is 121 Å². The van der Waals surface area contributed by atoms with E-state index in [1.807, 2.05) is 54.6 Å². The molecule has 4 heteroatoms. The highest BCUT2D eigenvalue weighted by atomic mass is 16.6. The minimum atomic E-state index is -1.68. The fourth-order valence-electron chi connectivity index (χ4n) is 3.83. The van der Waals surface area contributed by atoms with Crippen molar-refractivity contribution < 1.29 is 19.7 Å². The van der Waals surface area contributed by atoms with Crippen molar-refractivity contribution in [1.29, 1.82) is 0 Å². The Hall–Kier alpha value is -3.73. The van der Waals surface area contributed by atoms with Crippen LogP contribution >= 0.6 is 0 Å². The highest BCUT2D eigenvalue weighted by Crippen LogP contribution is 2.43. The molecule has 4 rings (SSSR count). The molecule has 0 unspecified atom stereocenters. The quantitative estimate of drug-likeness (QED) is 0.413. The zero-order valence-corrected chi connectivity index (χ0v) is 17.4. The molecule has 4 aromatic carbocycles. The van der Waals surface area contributed by atoms with Gasteiger partial charge in [0.1, 0.15) is 0 Å². The van der Waals surface area contributed by atoms with Crippen molar-refractivity contribution in [1.82, 2.24) is 0 Å². The fourth-order valence-corrected chi connectivity index (χ4v) is 3.83. The molecule has 2 atom stereocenters. The van der Waals surface area contributed by atoms with E-state index in [4.69, 9.17) is 4.74 Å². The van der Waals surface area contributed by atoms with E-state index in [1.54, 1.807) is 66.7 Å². The monoisotopic (exact) mass is 424 g/mol. The smallest absolute Gasteiger partial charge is 0.340 e. The second-order valence-corrected chi connectivity index (χ2v) is 7.54. The van der Waals surface area contributed by atoms with Gasteiger partial charge in [0.15, 0.2) is 17.8 Å². The molecule has 0 aromatic heterocycles. The van der Waals surface area contributed by atoms with Gasteiger partial charge in [-0.3, -0.25) is 0 Å². The van der Waals surface area contributed by atoms with E-state index in [9.17, 15) is 15.0 Å². The summed E-state index contributed by atoms with van der Waals surface area (Å²) in [5.74, 6) is -0.838. The van der Waals surface area contributed by atoms with Crippen molar-refractivity contribution in [3.8, 4) is 0 Å². The lowest BCUT2D eigenvalue weighted by Gasteiger charge is -2.37. The molecule has 0 aliphatic heterocycles. The van der Waals surface area contributed by atoms with Crippen LogP contribution in [-0.2, 0) is 15.1 Å². The lowest BCUT2D eigenvalue weighted by atomic mass is 9.79. The van der Waals surface area contributed by atoms with Crippen molar-refractivity contribution in [2.24, 2.45) is 0 Å². The summed E-state index contributed by atoms with van der Waals surface area (Å²) in [5, 5.41) is 22.8. The first-order valence-electron chi connectivity index (χ1n) is 10.4. The molecule has 0 bridgehead atoms. The van der Waals surface area contributed by atoms with Gasteiger partial charge in [-0.15, -0.1) is 0 Å². The van der Waals surface area contributed by atoms with Crippen molar-refractivity contribution in [3.63, 3.8) is 0 Å². The van der Waals surface area contributed by atoms with Crippen LogP contribution in [-0.4, -0.2) is 16.2 Å². The summed E-state index contributed by atoms with van der Waals surface area (Å²) in [5.41, 5.74) is 0.489. The Bertz CT molecular complexity index is 1090. The summed E-state index contributed by atoms with van der Waals surface area (Å²) in [7, 11) is 0. The number of carbonyl (C=O) groups is 1. The molecule has 0 saturated carbocycles. The van der Waals surface area contributed by atoms with Crippen molar-refractivity contribution in [2.75, 3.05) is 0 Å². The van der Waals surface area contributed by atoms with E-state index in [0.717, 1.165) is 0 Å². The van der Waals surface area contributed by atoms with Crippen LogP contribution in [0.4, 0.5) is 0 Å². The molecule has 0 aliphatic rings. The molecular formula is C28H24O4. The number of ether oxygens (including phenoxy) is 1. The summed E-state index contributed by atoms with van der Waals surface area (Å²) in [6.07, 6.45) is -2.57. The summed E-state index contributed by atoms with van der Waals surface area (Å²) >= 11 is 0. The second kappa shape index (κ2) is 9.60. The highest BCUT2D eigenvalue weighted by molar-refractivity contribution is 5.76. The van der Waals surface area contributed by atoms with Gasteiger partial charge >= 0.3 is 5.97 Å². The average Bonchev–Trinajstić information content (AvgIpc) is 2.88. The highest BCUT2D eigenvalue weighted by Gasteiger charge is 2.44. The number of esters is 1. The second-order valence-electron chi connectivity index (χ2n) is 7.54. The summed E-state index contributed by atoms with van der Waals surface area (Å²) in [6.45, 7) is 0.